The number of carbonyl (C=O) groups excluding carboxylic acids is 2. The summed E-state index contributed by atoms with van der Waals surface area (Å²) in [7, 11) is -3.86. The summed E-state index contributed by atoms with van der Waals surface area (Å²) in [5.41, 5.74) is 13.1. The number of hydrogen-bond acceptors (Lipinski definition) is 8. The molecule has 0 saturated heterocycles. The lowest BCUT2D eigenvalue weighted by atomic mass is 10.1. The van der Waals surface area contributed by atoms with Crippen LogP contribution in [0.5, 0.6) is 0 Å². The van der Waals surface area contributed by atoms with Crippen molar-refractivity contribution < 1.29 is 22.7 Å². The summed E-state index contributed by atoms with van der Waals surface area (Å²) >= 11 is 1.17. The summed E-state index contributed by atoms with van der Waals surface area (Å²) < 4.78 is 32.6. The van der Waals surface area contributed by atoms with Crippen LogP contribution in [0.1, 0.15) is 23.6 Å². The molecule has 3 amide bonds. The number of hydrogen-bond donors (Lipinski definition) is 2. The van der Waals surface area contributed by atoms with E-state index in [0.717, 1.165) is 15.8 Å². The minimum Gasteiger partial charge on any atom is -0.442 e. The summed E-state index contributed by atoms with van der Waals surface area (Å²) in [5, 5.41) is 3.22. The van der Waals surface area contributed by atoms with Crippen molar-refractivity contribution in [3.63, 3.8) is 0 Å². The largest absolute Gasteiger partial charge is 0.442 e. The van der Waals surface area contributed by atoms with Crippen LogP contribution in [0.2, 0.25) is 0 Å². The zero-order chi connectivity index (χ0) is 23.8. The maximum absolute atomic E-state index is 13.2. The summed E-state index contributed by atoms with van der Waals surface area (Å²) in [4.78, 5) is 27.9. The second-order valence-electron chi connectivity index (χ2n) is 7.34. The molecular weight excluding hydrogens is 466 g/mol. The van der Waals surface area contributed by atoms with E-state index in [1.807, 2.05) is 42.5 Å². The van der Waals surface area contributed by atoms with Gasteiger partial charge in [0.1, 0.15) is 5.01 Å². The second-order valence-corrected chi connectivity index (χ2v) is 10.6. The highest BCUT2D eigenvalue weighted by atomic mass is 32.2. The van der Waals surface area contributed by atoms with E-state index in [9.17, 15) is 18.0 Å². The van der Waals surface area contributed by atoms with E-state index < -0.39 is 33.3 Å². The van der Waals surface area contributed by atoms with Gasteiger partial charge in [-0.15, -0.1) is 16.4 Å². The number of rotatable bonds is 7. The predicted molar refractivity (Wildman–Crippen MR) is 125 cm³/mol. The standard InChI is InChI=1S/C21H21N5O5S2/c1-2-10-33(29,30)16(18-25-26(21(23)28)20(31-18)17(22)27)19-24-14-9-8-13(11-15(14)32-19)12-6-4-3-5-7-12/h3-9,11,16,20H,2,10H2,1H3,(H2,22,27)(H2,23,28). The maximum Gasteiger partial charge on any atom is 0.339 e. The smallest absolute Gasteiger partial charge is 0.339 e. The van der Waals surface area contributed by atoms with Crippen LogP contribution in [0, 0.1) is 0 Å². The third-order valence-corrected chi connectivity index (χ3v) is 8.29. The maximum atomic E-state index is 13.2. The Bertz CT molecular complexity index is 1350. The normalized spacial score (nSPS) is 16.9. The lowest BCUT2D eigenvalue weighted by Gasteiger charge is -2.16. The van der Waals surface area contributed by atoms with Gasteiger partial charge in [-0.05, 0) is 29.7 Å². The van der Waals surface area contributed by atoms with Crippen LogP contribution < -0.4 is 11.5 Å². The summed E-state index contributed by atoms with van der Waals surface area (Å²) in [6.45, 7) is 1.72. The van der Waals surface area contributed by atoms with Crippen molar-refractivity contribution in [1.82, 2.24) is 9.99 Å². The molecule has 2 atom stereocenters. The van der Waals surface area contributed by atoms with Gasteiger partial charge in [-0.25, -0.2) is 18.2 Å². The molecule has 0 fully saturated rings. The van der Waals surface area contributed by atoms with Gasteiger partial charge in [0.05, 0.1) is 16.0 Å². The van der Waals surface area contributed by atoms with Crippen molar-refractivity contribution in [3.8, 4) is 11.1 Å². The molecule has 4 rings (SSSR count). The van der Waals surface area contributed by atoms with E-state index in [0.29, 0.717) is 16.9 Å². The van der Waals surface area contributed by atoms with Gasteiger partial charge in [-0.2, -0.15) is 5.01 Å². The molecule has 172 valence electrons. The first-order valence-corrected chi connectivity index (χ1v) is 12.5. The second kappa shape index (κ2) is 8.79. The minimum atomic E-state index is -3.86. The topological polar surface area (TPSA) is 158 Å². The van der Waals surface area contributed by atoms with Crippen molar-refractivity contribution in [2.45, 2.75) is 24.8 Å². The number of nitrogens with zero attached hydrogens (tertiary/aromatic N) is 3. The fourth-order valence-electron chi connectivity index (χ4n) is 3.48. The fraction of sp³-hybridized carbons (Fsp3) is 0.238. The van der Waals surface area contributed by atoms with Gasteiger partial charge in [0, 0.05) is 0 Å². The summed E-state index contributed by atoms with van der Waals surface area (Å²) in [5.74, 6) is -1.58. The Morgan fingerprint density at radius 3 is 2.48 bits per heavy atom. The van der Waals surface area contributed by atoms with Gasteiger partial charge in [0.15, 0.2) is 15.1 Å². The van der Waals surface area contributed by atoms with E-state index in [1.54, 1.807) is 13.0 Å². The van der Waals surface area contributed by atoms with Crippen LogP contribution in [0.4, 0.5) is 4.79 Å². The third-order valence-electron chi connectivity index (χ3n) is 4.94. The lowest BCUT2D eigenvalue weighted by molar-refractivity contribution is -0.129. The van der Waals surface area contributed by atoms with Gasteiger partial charge in [0.25, 0.3) is 12.1 Å². The molecule has 33 heavy (non-hydrogen) atoms. The quantitative estimate of drug-likeness (QED) is 0.521. The molecule has 3 aromatic rings. The van der Waals surface area contributed by atoms with E-state index in [4.69, 9.17) is 16.2 Å². The van der Waals surface area contributed by atoms with E-state index in [1.165, 1.54) is 11.3 Å². The summed E-state index contributed by atoms with van der Waals surface area (Å²) in [6.07, 6.45) is -1.29. The molecule has 1 aliphatic rings. The van der Waals surface area contributed by atoms with Crippen molar-refractivity contribution in [1.29, 1.82) is 0 Å². The molecule has 4 N–H and O–H groups in total. The molecule has 2 aromatic carbocycles. The first-order chi connectivity index (χ1) is 15.7. The Kier molecular flexibility index (Phi) is 6.04. The number of fused-ring (bicyclic) bond motifs is 1. The molecule has 1 aromatic heterocycles. The van der Waals surface area contributed by atoms with Crippen LogP contribution in [0.15, 0.2) is 53.6 Å². The Hall–Kier alpha value is -3.51. The number of urea groups is 1. The predicted octanol–water partition coefficient (Wildman–Crippen LogP) is 2.37. The first kappa shape index (κ1) is 22.7. The first-order valence-electron chi connectivity index (χ1n) is 10.0. The Labute approximate surface area is 193 Å². The van der Waals surface area contributed by atoms with Crippen molar-refractivity contribution in [2.75, 3.05) is 5.75 Å². The highest BCUT2D eigenvalue weighted by Crippen LogP contribution is 2.36. The molecule has 0 saturated carbocycles. The molecule has 0 radical (unpaired) electrons. The average Bonchev–Trinajstić information content (AvgIpc) is 3.38. The zero-order valence-corrected chi connectivity index (χ0v) is 19.2. The number of hydrazone groups is 1. The van der Waals surface area contributed by atoms with Gasteiger partial charge in [0.2, 0.25) is 5.90 Å². The molecule has 0 bridgehead atoms. The van der Waals surface area contributed by atoms with Gasteiger partial charge in [-0.1, -0.05) is 43.3 Å². The Morgan fingerprint density at radius 2 is 1.88 bits per heavy atom. The average molecular weight is 488 g/mol. The molecule has 2 heterocycles. The summed E-state index contributed by atoms with van der Waals surface area (Å²) in [6, 6.07) is 14.3. The number of amides is 3. The molecule has 2 unspecified atom stereocenters. The van der Waals surface area contributed by atoms with E-state index in [2.05, 4.69) is 10.1 Å². The van der Waals surface area contributed by atoms with Crippen molar-refractivity contribution >= 4 is 49.2 Å². The van der Waals surface area contributed by atoms with Crippen molar-refractivity contribution in [2.24, 2.45) is 16.6 Å². The monoisotopic (exact) mass is 487 g/mol. The number of ether oxygens (including phenoxy) is 1. The molecule has 0 aliphatic carbocycles. The SMILES string of the molecule is CCCS(=O)(=O)C(C1=NN(C(N)=O)C(C(N)=O)O1)c1nc2ccc(-c3ccccc3)cc2s1. The third kappa shape index (κ3) is 4.39. The fourth-order valence-corrected chi connectivity index (χ4v) is 6.62. The number of primary amides is 2. The molecule has 10 nitrogen and oxygen atoms in total. The van der Waals surface area contributed by atoms with Gasteiger partial charge >= 0.3 is 6.03 Å². The molecular formula is C21H21N5O5S2. The van der Waals surface area contributed by atoms with Crippen LogP contribution in [0.3, 0.4) is 0 Å². The van der Waals surface area contributed by atoms with E-state index in [-0.39, 0.29) is 16.7 Å². The molecule has 0 spiro atoms. The number of nitrogens with two attached hydrogens (primary N) is 2. The van der Waals surface area contributed by atoms with Crippen LogP contribution in [0.25, 0.3) is 21.3 Å². The molecule has 12 heteroatoms. The number of aromatic nitrogens is 1. The molecule has 1 aliphatic heterocycles. The number of carbonyl (C=O) groups is 2. The number of benzene rings is 2. The van der Waals surface area contributed by atoms with Crippen LogP contribution >= 0.6 is 11.3 Å². The minimum absolute atomic E-state index is 0.178. The van der Waals surface area contributed by atoms with Gasteiger partial charge in [-0.3, -0.25) is 4.79 Å². The number of thiazole rings is 1. The lowest BCUT2D eigenvalue weighted by Crippen LogP contribution is -2.45. The van der Waals surface area contributed by atoms with Crippen LogP contribution in [-0.4, -0.2) is 48.2 Å². The Morgan fingerprint density at radius 1 is 1.15 bits per heavy atom. The highest BCUT2D eigenvalue weighted by molar-refractivity contribution is 7.92. The highest BCUT2D eigenvalue weighted by Gasteiger charge is 2.45. The Balaban J connectivity index is 1.81. The van der Waals surface area contributed by atoms with Crippen molar-refractivity contribution in [3.05, 3.63) is 53.5 Å². The van der Waals surface area contributed by atoms with Gasteiger partial charge < -0.3 is 16.2 Å². The number of sulfone groups is 1. The van der Waals surface area contributed by atoms with Crippen LogP contribution in [-0.2, 0) is 19.4 Å². The van der Waals surface area contributed by atoms with E-state index >= 15 is 0 Å². The zero-order valence-electron chi connectivity index (χ0n) is 17.5.